The molecule has 0 aromatic heterocycles. The van der Waals surface area contributed by atoms with Crippen LogP contribution in [0.15, 0.2) is 24.3 Å². The van der Waals surface area contributed by atoms with E-state index < -0.39 is 27.2 Å². The van der Waals surface area contributed by atoms with Gasteiger partial charge >= 0.3 is 5.97 Å². The second-order valence-corrected chi connectivity index (χ2v) is 7.31. The van der Waals surface area contributed by atoms with Crippen molar-refractivity contribution in [3.63, 3.8) is 0 Å². The molecule has 2 rings (SSSR count). The summed E-state index contributed by atoms with van der Waals surface area (Å²) < 4.78 is 31.6. The highest BCUT2D eigenvalue weighted by atomic mass is 32.2. The first-order valence-electron chi connectivity index (χ1n) is 6.72. The summed E-state index contributed by atoms with van der Waals surface area (Å²) >= 11 is 0. The Hall–Kier alpha value is -1.76. The summed E-state index contributed by atoms with van der Waals surface area (Å²) in [5.41, 5.74) is 0.463. The van der Waals surface area contributed by atoms with Gasteiger partial charge in [0.2, 0.25) is 10.0 Å². The molecule has 1 aromatic carbocycles. The molecule has 1 aliphatic rings. The third-order valence-corrected chi connectivity index (χ3v) is 6.25. The van der Waals surface area contributed by atoms with Crippen molar-refractivity contribution in [2.75, 3.05) is 18.5 Å². The number of hydrogen-bond acceptors (Lipinski definition) is 4. The maximum absolute atomic E-state index is 12.7. The van der Waals surface area contributed by atoms with Gasteiger partial charge in [0, 0.05) is 13.1 Å². The van der Waals surface area contributed by atoms with Gasteiger partial charge in [-0.15, -0.1) is 0 Å². The van der Waals surface area contributed by atoms with Gasteiger partial charge in [-0.25, -0.2) is 8.42 Å². The third-order valence-electron chi connectivity index (χ3n) is 3.95. The zero-order valence-electron chi connectivity index (χ0n) is 12.0. The van der Waals surface area contributed by atoms with Crippen LogP contribution in [0.4, 0.5) is 5.69 Å². The molecule has 6 nitrogen and oxygen atoms in total. The molecule has 7 heteroatoms. The molecule has 0 amide bonds. The number of carboxylic acids is 1. The van der Waals surface area contributed by atoms with Crippen molar-refractivity contribution in [3.8, 4) is 5.75 Å². The molecule has 2 unspecified atom stereocenters. The highest BCUT2D eigenvalue weighted by Gasteiger charge is 2.43. The Bertz CT molecular complexity index is 628. The molecule has 2 atom stereocenters. The lowest BCUT2D eigenvalue weighted by atomic mass is 10.1. The van der Waals surface area contributed by atoms with Crippen LogP contribution >= 0.6 is 0 Å². The van der Waals surface area contributed by atoms with Crippen molar-refractivity contribution in [3.05, 3.63) is 24.3 Å². The highest BCUT2D eigenvalue weighted by Crippen LogP contribution is 2.34. The first-order valence-corrected chi connectivity index (χ1v) is 8.23. The van der Waals surface area contributed by atoms with E-state index in [1.807, 2.05) is 0 Å². The van der Waals surface area contributed by atoms with Gasteiger partial charge in [-0.3, -0.25) is 9.10 Å². The third kappa shape index (κ3) is 2.97. The Balaban J connectivity index is 2.32. The fourth-order valence-corrected chi connectivity index (χ4v) is 4.67. The number of anilines is 1. The summed E-state index contributed by atoms with van der Waals surface area (Å²) in [4.78, 5) is 11.2. The lowest BCUT2D eigenvalue weighted by Crippen LogP contribution is -2.40. The molecule has 0 bridgehead atoms. The highest BCUT2D eigenvalue weighted by molar-refractivity contribution is 7.93. The monoisotopic (exact) mass is 313 g/mol. The lowest BCUT2D eigenvalue weighted by molar-refractivity contribution is -0.141. The number of rotatable bonds is 5. The van der Waals surface area contributed by atoms with E-state index in [1.165, 1.54) is 14.2 Å². The van der Waals surface area contributed by atoms with Gasteiger partial charge < -0.3 is 9.84 Å². The standard InChI is InChI=1S/C14H19NO5S/c1-15(10-5-3-6-11(9-10)20-2)21(18,19)13-8-4-7-12(13)14(16)17/h3,5-6,9,12-13H,4,7-8H2,1-2H3,(H,16,17). The molecule has 1 N–H and O–H groups in total. The van der Waals surface area contributed by atoms with Crippen LogP contribution in [0.3, 0.4) is 0 Å². The van der Waals surface area contributed by atoms with Gasteiger partial charge in [0.1, 0.15) is 5.75 Å². The molecule has 1 aliphatic carbocycles. The maximum Gasteiger partial charge on any atom is 0.307 e. The molecule has 1 aromatic rings. The fraction of sp³-hybridized carbons (Fsp3) is 0.500. The largest absolute Gasteiger partial charge is 0.497 e. The van der Waals surface area contributed by atoms with Gasteiger partial charge in [-0.2, -0.15) is 0 Å². The van der Waals surface area contributed by atoms with Crippen molar-refractivity contribution < 1.29 is 23.1 Å². The molecule has 1 fully saturated rings. The number of benzene rings is 1. The van der Waals surface area contributed by atoms with Crippen LogP contribution < -0.4 is 9.04 Å². The van der Waals surface area contributed by atoms with E-state index in [4.69, 9.17) is 4.74 Å². The minimum absolute atomic E-state index is 0.383. The van der Waals surface area contributed by atoms with Gasteiger partial charge in [0.15, 0.2) is 0 Å². The van der Waals surface area contributed by atoms with Crippen LogP contribution in [-0.4, -0.2) is 38.9 Å². The molecule has 0 aliphatic heterocycles. The van der Waals surface area contributed by atoms with Crippen molar-refractivity contribution in [1.82, 2.24) is 0 Å². The number of hydrogen-bond donors (Lipinski definition) is 1. The predicted molar refractivity (Wildman–Crippen MR) is 79.1 cm³/mol. The minimum atomic E-state index is -3.71. The van der Waals surface area contributed by atoms with Crippen molar-refractivity contribution in [2.24, 2.45) is 5.92 Å². The molecule has 0 spiro atoms. The Labute approximate surface area is 124 Å². The number of ether oxygens (including phenoxy) is 1. The van der Waals surface area contributed by atoms with Crippen LogP contribution in [0.2, 0.25) is 0 Å². The summed E-state index contributed by atoms with van der Waals surface area (Å²) in [5.74, 6) is -1.32. The smallest absolute Gasteiger partial charge is 0.307 e. The normalized spacial score (nSPS) is 22.0. The van der Waals surface area contributed by atoms with E-state index in [-0.39, 0.29) is 0 Å². The van der Waals surface area contributed by atoms with E-state index in [9.17, 15) is 18.3 Å². The summed E-state index contributed by atoms with van der Waals surface area (Å²) in [5, 5.41) is 8.31. The zero-order chi connectivity index (χ0) is 15.6. The zero-order valence-corrected chi connectivity index (χ0v) is 12.8. The van der Waals surface area contributed by atoms with Crippen LogP contribution in [0.25, 0.3) is 0 Å². The molecule has 116 valence electrons. The number of nitrogens with zero attached hydrogens (tertiary/aromatic N) is 1. The van der Waals surface area contributed by atoms with Crippen LogP contribution in [0.1, 0.15) is 19.3 Å². The first-order chi connectivity index (χ1) is 9.87. The van der Waals surface area contributed by atoms with Gasteiger partial charge in [-0.05, 0) is 25.0 Å². The van der Waals surface area contributed by atoms with Crippen LogP contribution in [0.5, 0.6) is 5.75 Å². The van der Waals surface area contributed by atoms with Crippen molar-refractivity contribution in [2.45, 2.75) is 24.5 Å². The topological polar surface area (TPSA) is 83.9 Å². The van der Waals surface area contributed by atoms with Crippen molar-refractivity contribution >= 4 is 21.7 Å². The SMILES string of the molecule is COc1cccc(N(C)S(=O)(=O)C2CCCC2C(=O)O)c1. The van der Waals surface area contributed by atoms with Crippen molar-refractivity contribution in [1.29, 1.82) is 0 Å². The molecule has 21 heavy (non-hydrogen) atoms. The Morgan fingerprint density at radius 3 is 2.71 bits per heavy atom. The van der Waals surface area contributed by atoms with E-state index >= 15 is 0 Å². The Morgan fingerprint density at radius 2 is 2.10 bits per heavy atom. The quantitative estimate of drug-likeness (QED) is 0.894. The number of aliphatic carboxylic acids is 1. The van der Waals surface area contributed by atoms with Gasteiger partial charge in [0.05, 0.1) is 24.0 Å². The molecule has 0 saturated heterocycles. The molecular formula is C14H19NO5S. The van der Waals surface area contributed by atoms with Gasteiger partial charge in [-0.1, -0.05) is 12.5 Å². The minimum Gasteiger partial charge on any atom is -0.497 e. The molecule has 0 radical (unpaired) electrons. The number of sulfonamides is 1. The second kappa shape index (κ2) is 5.93. The summed E-state index contributed by atoms with van der Waals surface area (Å²) in [6.45, 7) is 0. The van der Waals surface area contributed by atoms with Crippen LogP contribution in [0, 0.1) is 5.92 Å². The summed E-state index contributed by atoms with van der Waals surface area (Å²) in [6.07, 6.45) is 1.41. The Morgan fingerprint density at radius 1 is 1.38 bits per heavy atom. The van der Waals surface area contributed by atoms with E-state index in [2.05, 4.69) is 0 Å². The Kier molecular flexibility index (Phi) is 4.41. The van der Waals surface area contributed by atoms with Gasteiger partial charge in [0.25, 0.3) is 0 Å². The fourth-order valence-electron chi connectivity index (χ4n) is 2.72. The predicted octanol–water partition coefficient (Wildman–Crippen LogP) is 1.71. The number of carboxylic acid groups (broad SMARTS) is 1. The molecular weight excluding hydrogens is 294 g/mol. The second-order valence-electron chi connectivity index (χ2n) is 5.13. The summed E-state index contributed by atoms with van der Waals surface area (Å²) in [6, 6.07) is 6.69. The molecule has 1 saturated carbocycles. The van der Waals surface area contributed by atoms with E-state index in [0.29, 0.717) is 30.7 Å². The first kappa shape index (κ1) is 15.6. The van der Waals surface area contributed by atoms with E-state index in [1.54, 1.807) is 24.3 Å². The average Bonchev–Trinajstić information content (AvgIpc) is 2.97. The lowest BCUT2D eigenvalue weighted by Gasteiger charge is -2.26. The number of carbonyl (C=O) groups is 1. The number of methoxy groups -OCH3 is 1. The van der Waals surface area contributed by atoms with Crippen LogP contribution in [-0.2, 0) is 14.8 Å². The summed E-state index contributed by atoms with van der Waals surface area (Å²) in [7, 11) is -0.763. The maximum atomic E-state index is 12.7. The van der Waals surface area contributed by atoms with E-state index in [0.717, 1.165) is 4.31 Å². The molecule has 0 heterocycles. The average molecular weight is 313 g/mol.